The van der Waals surface area contributed by atoms with Gasteiger partial charge in [-0.3, -0.25) is 9.59 Å². The number of rotatable bonds is 6. The van der Waals surface area contributed by atoms with Gasteiger partial charge in [0.25, 0.3) is 0 Å². The molecule has 4 heteroatoms. The van der Waals surface area contributed by atoms with E-state index in [4.69, 9.17) is 5.11 Å². The average molecular weight is 199 g/mol. The molecule has 0 aromatic carbocycles. The largest absolute Gasteiger partial charge is 0.480 e. The van der Waals surface area contributed by atoms with E-state index >= 15 is 0 Å². The summed E-state index contributed by atoms with van der Waals surface area (Å²) in [5, 5.41) is 8.59. The van der Waals surface area contributed by atoms with Crippen molar-refractivity contribution in [2.75, 3.05) is 13.1 Å². The summed E-state index contributed by atoms with van der Waals surface area (Å²) >= 11 is 0. The zero-order valence-electron chi connectivity index (χ0n) is 8.69. The predicted octanol–water partition coefficient (Wildman–Crippen LogP) is 1.13. The highest BCUT2D eigenvalue weighted by molar-refractivity contribution is 5.82. The van der Waals surface area contributed by atoms with Crippen LogP contribution in [0.1, 0.15) is 20.3 Å². The normalized spacial score (nSPS) is 11.9. The Morgan fingerprint density at radius 1 is 1.57 bits per heavy atom. The number of carboxylic acids is 1. The van der Waals surface area contributed by atoms with Gasteiger partial charge in [0.1, 0.15) is 6.54 Å². The van der Waals surface area contributed by atoms with Crippen LogP contribution in [0.5, 0.6) is 0 Å². The van der Waals surface area contributed by atoms with Gasteiger partial charge in [-0.15, -0.1) is 6.58 Å². The minimum absolute atomic E-state index is 0.130. The Hall–Kier alpha value is -1.32. The molecule has 0 aromatic rings. The van der Waals surface area contributed by atoms with Crippen LogP contribution in [-0.4, -0.2) is 35.0 Å². The summed E-state index contributed by atoms with van der Waals surface area (Å²) < 4.78 is 0. The van der Waals surface area contributed by atoms with Crippen molar-refractivity contribution in [1.82, 2.24) is 4.90 Å². The molecule has 0 saturated heterocycles. The van der Waals surface area contributed by atoms with E-state index in [9.17, 15) is 9.59 Å². The van der Waals surface area contributed by atoms with Crippen LogP contribution in [0.2, 0.25) is 0 Å². The SMILES string of the molecule is C=CCN(CC(=O)O)C(=O)C(C)CC. The molecule has 0 fully saturated rings. The number of carboxylic acid groups (broad SMARTS) is 1. The van der Waals surface area contributed by atoms with Crippen LogP contribution in [0, 0.1) is 5.92 Å². The van der Waals surface area contributed by atoms with Crippen LogP contribution in [0.25, 0.3) is 0 Å². The molecule has 0 heterocycles. The summed E-state index contributed by atoms with van der Waals surface area (Å²) in [6, 6.07) is 0. The molecule has 0 aromatic heterocycles. The van der Waals surface area contributed by atoms with Gasteiger partial charge in [-0.05, 0) is 6.42 Å². The van der Waals surface area contributed by atoms with E-state index < -0.39 is 5.97 Å². The van der Waals surface area contributed by atoms with Crippen molar-refractivity contribution >= 4 is 11.9 Å². The third kappa shape index (κ3) is 4.07. The minimum atomic E-state index is -0.997. The van der Waals surface area contributed by atoms with E-state index in [-0.39, 0.29) is 24.9 Å². The molecule has 1 unspecified atom stereocenters. The molecular formula is C10H17NO3. The molecule has 0 aliphatic carbocycles. The van der Waals surface area contributed by atoms with Crippen LogP contribution in [0.4, 0.5) is 0 Å². The molecule has 1 amide bonds. The lowest BCUT2D eigenvalue weighted by molar-refractivity contribution is -0.145. The number of hydrogen-bond acceptors (Lipinski definition) is 2. The van der Waals surface area contributed by atoms with Crippen molar-refractivity contribution < 1.29 is 14.7 Å². The molecule has 0 saturated carbocycles. The Balaban J connectivity index is 4.39. The zero-order chi connectivity index (χ0) is 11.1. The smallest absolute Gasteiger partial charge is 0.323 e. The quantitative estimate of drug-likeness (QED) is 0.652. The fourth-order valence-corrected chi connectivity index (χ4v) is 1.04. The summed E-state index contributed by atoms with van der Waals surface area (Å²) in [5.74, 6) is -1.26. The average Bonchev–Trinajstić information content (AvgIpc) is 2.14. The molecular weight excluding hydrogens is 182 g/mol. The fourth-order valence-electron chi connectivity index (χ4n) is 1.04. The summed E-state index contributed by atoms with van der Waals surface area (Å²) in [6.07, 6.45) is 2.25. The maximum Gasteiger partial charge on any atom is 0.323 e. The molecule has 4 nitrogen and oxygen atoms in total. The fraction of sp³-hybridized carbons (Fsp3) is 0.600. The van der Waals surface area contributed by atoms with Gasteiger partial charge < -0.3 is 10.0 Å². The number of aliphatic carboxylic acids is 1. The first kappa shape index (κ1) is 12.7. The Morgan fingerprint density at radius 3 is 2.50 bits per heavy atom. The van der Waals surface area contributed by atoms with E-state index in [1.807, 2.05) is 6.92 Å². The maximum atomic E-state index is 11.6. The van der Waals surface area contributed by atoms with Crippen molar-refractivity contribution in [1.29, 1.82) is 0 Å². The first-order valence-corrected chi connectivity index (χ1v) is 4.64. The predicted molar refractivity (Wildman–Crippen MR) is 53.9 cm³/mol. The van der Waals surface area contributed by atoms with Crippen molar-refractivity contribution in [3.8, 4) is 0 Å². The Labute approximate surface area is 84.2 Å². The molecule has 0 spiro atoms. The van der Waals surface area contributed by atoms with Gasteiger partial charge >= 0.3 is 5.97 Å². The standard InChI is InChI=1S/C10H17NO3/c1-4-6-11(7-9(12)13)10(14)8(3)5-2/h4,8H,1,5-7H2,2-3H3,(H,12,13). The summed E-state index contributed by atoms with van der Waals surface area (Å²) in [4.78, 5) is 23.4. The summed E-state index contributed by atoms with van der Waals surface area (Å²) in [7, 11) is 0. The Morgan fingerprint density at radius 2 is 2.14 bits per heavy atom. The lowest BCUT2D eigenvalue weighted by Gasteiger charge is -2.21. The molecule has 0 aliphatic heterocycles. The van der Waals surface area contributed by atoms with Gasteiger partial charge in [0, 0.05) is 12.5 Å². The number of hydrogen-bond donors (Lipinski definition) is 1. The van der Waals surface area contributed by atoms with Crippen LogP contribution in [-0.2, 0) is 9.59 Å². The van der Waals surface area contributed by atoms with Crippen molar-refractivity contribution in [2.45, 2.75) is 20.3 Å². The van der Waals surface area contributed by atoms with Gasteiger partial charge in [-0.25, -0.2) is 0 Å². The first-order chi connectivity index (χ1) is 6.52. The highest BCUT2D eigenvalue weighted by Gasteiger charge is 2.19. The first-order valence-electron chi connectivity index (χ1n) is 4.64. The van der Waals surface area contributed by atoms with E-state index in [0.717, 1.165) is 0 Å². The molecule has 0 aliphatic rings. The number of amides is 1. The highest BCUT2D eigenvalue weighted by atomic mass is 16.4. The van der Waals surface area contributed by atoms with Crippen molar-refractivity contribution in [3.05, 3.63) is 12.7 Å². The molecule has 14 heavy (non-hydrogen) atoms. The van der Waals surface area contributed by atoms with Gasteiger partial charge in [0.15, 0.2) is 0 Å². The number of nitrogens with zero attached hydrogens (tertiary/aromatic N) is 1. The number of carbonyl (C=O) groups is 2. The third-order valence-corrected chi connectivity index (χ3v) is 2.02. The second-order valence-corrected chi connectivity index (χ2v) is 3.21. The molecule has 0 radical (unpaired) electrons. The highest BCUT2D eigenvalue weighted by Crippen LogP contribution is 2.06. The van der Waals surface area contributed by atoms with Gasteiger partial charge in [-0.2, -0.15) is 0 Å². The third-order valence-electron chi connectivity index (χ3n) is 2.02. The van der Waals surface area contributed by atoms with Crippen LogP contribution >= 0.6 is 0 Å². The van der Waals surface area contributed by atoms with E-state index in [2.05, 4.69) is 6.58 Å². The molecule has 0 bridgehead atoms. The van der Waals surface area contributed by atoms with Crippen LogP contribution < -0.4 is 0 Å². The summed E-state index contributed by atoms with van der Waals surface area (Å²) in [5.41, 5.74) is 0. The Bertz CT molecular complexity index is 225. The zero-order valence-corrected chi connectivity index (χ0v) is 8.69. The lowest BCUT2D eigenvalue weighted by atomic mass is 10.1. The van der Waals surface area contributed by atoms with Gasteiger partial charge in [0.2, 0.25) is 5.91 Å². The van der Waals surface area contributed by atoms with E-state index in [1.165, 1.54) is 11.0 Å². The molecule has 0 rings (SSSR count). The Kier molecular flexibility index (Phi) is 5.60. The topological polar surface area (TPSA) is 57.6 Å². The van der Waals surface area contributed by atoms with Crippen LogP contribution in [0.15, 0.2) is 12.7 Å². The number of carbonyl (C=O) groups excluding carboxylic acids is 1. The maximum absolute atomic E-state index is 11.6. The van der Waals surface area contributed by atoms with Crippen LogP contribution in [0.3, 0.4) is 0 Å². The molecule has 1 atom stereocenters. The second kappa shape index (κ2) is 6.18. The van der Waals surface area contributed by atoms with E-state index in [0.29, 0.717) is 6.42 Å². The molecule has 80 valence electrons. The molecule has 1 N–H and O–H groups in total. The van der Waals surface area contributed by atoms with E-state index in [1.54, 1.807) is 6.92 Å². The lowest BCUT2D eigenvalue weighted by Crippen LogP contribution is -2.38. The second-order valence-electron chi connectivity index (χ2n) is 3.21. The van der Waals surface area contributed by atoms with Gasteiger partial charge in [0.05, 0.1) is 0 Å². The summed E-state index contributed by atoms with van der Waals surface area (Å²) in [6.45, 7) is 7.21. The van der Waals surface area contributed by atoms with Crippen molar-refractivity contribution in [2.24, 2.45) is 5.92 Å². The van der Waals surface area contributed by atoms with Crippen molar-refractivity contribution in [3.63, 3.8) is 0 Å². The van der Waals surface area contributed by atoms with Gasteiger partial charge in [-0.1, -0.05) is 19.9 Å². The monoisotopic (exact) mass is 199 g/mol. The minimum Gasteiger partial charge on any atom is -0.480 e.